The quantitative estimate of drug-likeness (QED) is 0.476. The Balaban J connectivity index is 2.48. The van der Waals surface area contributed by atoms with Crippen LogP contribution < -0.4 is 14.8 Å². The summed E-state index contributed by atoms with van der Waals surface area (Å²) >= 11 is 0. The first-order valence-corrected chi connectivity index (χ1v) is 4.90. The van der Waals surface area contributed by atoms with Gasteiger partial charge in [0.2, 0.25) is 0 Å². The summed E-state index contributed by atoms with van der Waals surface area (Å²) in [4.78, 5) is 11.0. The maximum absolute atomic E-state index is 11.0. The van der Waals surface area contributed by atoms with Crippen molar-refractivity contribution in [2.75, 3.05) is 20.4 Å². The third-order valence-corrected chi connectivity index (χ3v) is 1.71. The first kappa shape index (κ1) is 12.9. The molecule has 5 nitrogen and oxygen atoms in total. The maximum Gasteiger partial charge on any atom is 0.412 e. The van der Waals surface area contributed by atoms with Crippen molar-refractivity contribution >= 4 is 6.09 Å². The van der Waals surface area contributed by atoms with Gasteiger partial charge in [-0.05, 0) is 12.1 Å². The normalized spacial score (nSPS) is 9.18. The minimum atomic E-state index is -0.536. The number of nitrogens with one attached hydrogen (secondary N) is 1. The van der Waals surface area contributed by atoms with Crippen LogP contribution in [0.25, 0.3) is 0 Å². The summed E-state index contributed by atoms with van der Waals surface area (Å²) in [6.07, 6.45) is 4.47. The van der Waals surface area contributed by atoms with Crippen molar-refractivity contribution in [2.45, 2.75) is 0 Å². The standard InChI is InChI=1S/C12H13NO4/c1-3-7-15-9-16-10-5-4-6-11(8-10)17-12(14)13-2/h1,4-6,8H,7,9H2,2H3,(H,13,14). The molecule has 1 rings (SSSR count). The van der Waals surface area contributed by atoms with Crippen LogP contribution in [0.1, 0.15) is 0 Å². The van der Waals surface area contributed by atoms with Crippen molar-refractivity contribution in [2.24, 2.45) is 0 Å². The number of ether oxygens (including phenoxy) is 3. The first-order valence-electron chi connectivity index (χ1n) is 4.90. The van der Waals surface area contributed by atoms with E-state index in [0.717, 1.165) is 0 Å². The number of carbonyl (C=O) groups is 1. The highest BCUT2D eigenvalue weighted by Crippen LogP contribution is 2.19. The highest BCUT2D eigenvalue weighted by atomic mass is 16.7. The Bertz CT molecular complexity index is 411. The van der Waals surface area contributed by atoms with Crippen LogP contribution in [0, 0.1) is 12.3 Å². The third kappa shape index (κ3) is 4.91. The second-order valence-electron chi connectivity index (χ2n) is 2.93. The molecular formula is C12H13NO4. The molecule has 5 heteroatoms. The van der Waals surface area contributed by atoms with Gasteiger partial charge < -0.3 is 19.5 Å². The van der Waals surface area contributed by atoms with Crippen molar-refractivity contribution in [1.29, 1.82) is 0 Å². The van der Waals surface area contributed by atoms with Crippen LogP contribution in [0.15, 0.2) is 24.3 Å². The highest BCUT2D eigenvalue weighted by Gasteiger charge is 2.02. The Morgan fingerprint density at radius 2 is 2.24 bits per heavy atom. The van der Waals surface area contributed by atoms with Gasteiger partial charge in [-0.15, -0.1) is 6.42 Å². The molecule has 0 bridgehead atoms. The van der Waals surface area contributed by atoms with E-state index in [1.165, 1.54) is 7.05 Å². The molecular weight excluding hydrogens is 222 g/mol. The third-order valence-electron chi connectivity index (χ3n) is 1.71. The van der Waals surface area contributed by atoms with Crippen LogP contribution in [0.2, 0.25) is 0 Å². The lowest BCUT2D eigenvalue weighted by Crippen LogP contribution is -2.21. The van der Waals surface area contributed by atoms with Gasteiger partial charge in [-0.3, -0.25) is 0 Å². The largest absolute Gasteiger partial charge is 0.467 e. The van der Waals surface area contributed by atoms with Gasteiger partial charge in [0, 0.05) is 13.1 Å². The van der Waals surface area contributed by atoms with Crippen LogP contribution in [0.3, 0.4) is 0 Å². The lowest BCUT2D eigenvalue weighted by Gasteiger charge is -2.07. The molecule has 0 saturated carbocycles. The fourth-order valence-corrected chi connectivity index (χ4v) is 0.996. The molecule has 1 aromatic carbocycles. The first-order chi connectivity index (χ1) is 8.26. The summed E-state index contributed by atoms with van der Waals surface area (Å²) in [6.45, 7) is 0.238. The van der Waals surface area contributed by atoms with E-state index in [1.54, 1.807) is 24.3 Å². The lowest BCUT2D eigenvalue weighted by molar-refractivity contribution is 0.0332. The SMILES string of the molecule is C#CCOCOc1cccc(OC(=O)NC)c1. The predicted octanol–water partition coefficient (Wildman–Crippen LogP) is 1.39. The maximum atomic E-state index is 11.0. The minimum absolute atomic E-state index is 0.0492. The second kappa shape index (κ2) is 7.14. The Morgan fingerprint density at radius 3 is 2.94 bits per heavy atom. The molecule has 0 aliphatic heterocycles. The Labute approximate surface area is 99.7 Å². The average molecular weight is 235 g/mol. The van der Waals surface area contributed by atoms with Crippen LogP contribution in [-0.2, 0) is 4.74 Å². The monoisotopic (exact) mass is 235 g/mol. The van der Waals surface area contributed by atoms with E-state index in [0.29, 0.717) is 11.5 Å². The number of hydrogen-bond acceptors (Lipinski definition) is 4. The van der Waals surface area contributed by atoms with Crippen molar-refractivity contribution in [3.8, 4) is 23.8 Å². The molecule has 90 valence electrons. The van der Waals surface area contributed by atoms with Gasteiger partial charge in [-0.2, -0.15) is 0 Å². The summed E-state index contributed by atoms with van der Waals surface area (Å²) in [5, 5.41) is 2.34. The van der Waals surface area contributed by atoms with E-state index in [2.05, 4.69) is 11.2 Å². The molecule has 0 aromatic heterocycles. The second-order valence-corrected chi connectivity index (χ2v) is 2.93. The Hall–Kier alpha value is -2.19. The van der Waals surface area contributed by atoms with Crippen LogP contribution in [-0.4, -0.2) is 26.5 Å². The number of carbonyl (C=O) groups excluding carboxylic acids is 1. The topological polar surface area (TPSA) is 56.8 Å². The van der Waals surface area contributed by atoms with Crippen molar-refractivity contribution in [3.63, 3.8) is 0 Å². The summed E-state index contributed by atoms with van der Waals surface area (Å²) < 4.78 is 15.1. The Morgan fingerprint density at radius 1 is 1.47 bits per heavy atom. The molecule has 1 aromatic rings. The molecule has 0 saturated heterocycles. The highest BCUT2D eigenvalue weighted by molar-refractivity contribution is 5.70. The van der Waals surface area contributed by atoms with Crippen LogP contribution in [0.4, 0.5) is 4.79 Å². The smallest absolute Gasteiger partial charge is 0.412 e. The molecule has 0 fully saturated rings. The molecule has 1 amide bonds. The summed E-state index contributed by atoms with van der Waals surface area (Å²) in [5.41, 5.74) is 0. The van der Waals surface area contributed by atoms with E-state index in [-0.39, 0.29) is 13.4 Å². The molecule has 0 unspecified atom stereocenters. The lowest BCUT2D eigenvalue weighted by atomic mass is 10.3. The van der Waals surface area contributed by atoms with Gasteiger partial charge in [0.25, 0.3) is 0 Å². The molecule has 0 heterocycles. The summed E-state index contributed by atoms with van der Waals surface area (Å²) in [7, 11) is 1.48. The van der Waals surface area contributed by atoms with Gasteiger partial charge >= 0.3 is 6.09 Å². The van der Waals surface area contributed by atoms with E-state index >= 15 is 0 Å². The molecule has 0 aliphatic rings. The average Bonchev–Trinajstić information content (AvgIpc) is 2.35. The van der Waals surface area contributed by atoms with Crippen molar-refractivity contribution in [3.05, 3.63) is 24.3 Å². The molecule has 0 aliphatic carbocycles. The summed E-state index contributed by atoms with van der Waals surface area (Å²) in [6, 6.07) is 6.64. The predicted molar refractivity (Wildman–Crippen MR) is 61.8 cm³/mol. The fraction of sp³-hybridized carbons (Fsp3) is 0.250. The molecule has 17 heavy (non-hydrogen) atoms. The zero-order chi connectivity index (χ0) is 12.5. The van der Waals surface area contributed by atoms with Gasteiger partial charge in [0.15, 0.2) is 6.79 Å². The van der Waals surface area contributed by atoms with Crippen molar-refractivity contribution < 1.29 is 19.0 Å². The summed E-state index contributed by atoms with van der Waals surface area (Å²) in [5.74, 6) is 3.24. The Kier molecular flexibility index (Phi) is 5.41. The number of terminal acetylenes is 1. The van der Waals surface area contributed by atoms with Crippen LogP contribution >= 0.6 is 0 Å². The van der Waals surface area contributed by atoms with E-state index < -0.39 is 6.09 Å². The number of amides is 1. The van der Waals surface area contributed by atoms with Gasteiger partial charge in [-0.25, -0.2) is 4.79 Å². The van der Waals surface area contributed by atoms with E-state index in [9.17, 15) is 4.79 Å². The van der Waals surface area contributed by atoms with E-state index in [1.807, 2.05) is 0 Å². The van der Waals surface area contributed by atoms with Crippen molar-refractivity contribution in [1.82, 2.24) is 5.32 Å². The van der Waals surface area contributed by atoms with E-state index in [4.69, 9.17) is 20.6 Å². The zero-order valence-electron chi connectivity index (χ0n) is 9.43. The fourth-order valence-electron chi connectivity index (χ4n) is 0.996. The number of benzene rings is 1. The van der Waals surface area contributed by atoms with Crippen LogP contribution in [0.5, 0.6) is 11.5 Å². The van der Waals surface area contributed by atoms with Gasteiger partial charge in [-0.1, -0.05) is 12.0 Å². The minimum Gasteiger partial charge on any atom is -0.467 e. The zero-order valence-corrected chi connectivity index (χ0v) is 9.43. The molecule has 0 radical (unpaired) electrons. The molecule has 1 N–H and O–H groups in total. The van der Waals surface area contributed by atoms with Gasteiger partial charge in [0.1, 0.15) is 18.1 Å². The van der Waals surface area contributed by atoms with Gasteiger partial charge in [0.05, 0.1) is 0 Å². The molecule has 0 spiro atoms. The molecule has 0 atom stereocenters. The number of rotatable bonds is 5. The number of hydrogen-bond donors (Lipinski definition) is 1.